The van der Waals surface area contributed by atoms with Crippen LogP contribution in [0.1, 0.15) is 43.1 Å². The summed E-state index contributed by atoms with van der Waals surface area (Å²) in [4.78, 5) is 39.6. The highest BCUT2D eigenvalue weighted by Gasteiger charge is 2.17. The van der Waals surface area contributed by atoms with Crippen LogP contribution in [-0.2, 0) is 25.5 Å². The van der Waals surface area contributed by atoms with E-state index in [4.69, 9.17) is 14.2 Å². The summed E-state index contributed by atoms with van der Waals surface area (Å²) in [5.41, 5.74) is 4.07. The Morgan fingerprint density at radius 2 is 1.52 bits per heavy atom. The molecule has 1 aliphatic heterocycles. The van der Waals surface area contributed by atoms with Crippen molar-refractivity contribution < 1.29 is 28.6 Å². The first kappa shape index (κ1) is 30.7. The molecule has 4 rings (SSSR count). The standard InChI is InChI=1S/C33H39N3O6/c1-33(2,3)42-31(38)16-7-23-5-8-24(9-6-23)25-10-12-26(13-11-25)32(39)34-27-14-15-29(40-4)28(21-27)35-30(37)22-36-17-19-41-20-18-36/h5-6,8-15,21H,7,16-20,22H2,1-4H3,(H,34,39)(H,35,37). The normalized spacial score (nSPS) is 13.7. The maximum Gasteiger partial charge on any atom is 0.306 e. The lowest BCUT2D eigenvalue weighted by atomic mass is 10.0. The van der Waals surface area contributed by atoms with E-state index in [0.717, 1.165) is 16.7 Å². The van der Waals surface area contributed by atoms with E-state index in [9.17, 15) is 14.4 Å². The summed E-state index contributed by atoms with van der Waals surface area (Å²) in [5, 5.41) is 5.79. The summed E-state index contributed by atoms with van der Waals surface area (Å²) < 4.78 is 16.1. The molecule has 3 aromatic carbocycles. The van der Waals surface area contributed by atoms with E-state index in [1.165, 1.54) is 7.11 Å². The zero-order valence-electron chi connectivity index (χ0n) is 24.7. The number of amides is 2. The molecule has 1 aliphatic rings. The van der Waals surface area contributed by atoms with Crippen LogP contribution in [-0.4, -0.2) is 68.2 Å². The van der Waals surface area contributed by atoms with E-state index in [2.05, 4.69) is 10.6 Å². The highest BCUT2D eigenvalue weighted by molar-refractivity contribution is 6.05. The van der Waals surface area contributed by atoms with Gasteiger partial charge >= 0.3 is 5.97 Å². The Labute approximate surface area is 247 Å². The largest absolute Gasteiger partial charge is 0.495 e. The van der Waals surface area contributed by atoms with E-state index in [1.54, 1.807) is 30.3 Å². The number of nitrogens with zero attached hydrogens (tertiary/aromatic N) is 1. The van der Waals surface area contributed by atoms with Crippen molar-refractivity contribution in [2.45, 2.75) is 39.2 Å². The van der Waals surface area contributed by atoms with Crippen molar-refractivity contribution in [1.29, 1.82) is 0 Å². The summed E-state index contributed by atoms with van der Waals surface area (Å²) in [7, 11) is 1.53. The number of anilines is 2. The van der Waals surface area contributed by atoms with Gasteiger partial charge in [0.1, 0.15) is 11.4 Å². The zero-order valence-corrected chi connectivity index (χ0v) is 24.7. The Balaban J connectivity index is 1.34. The van der Waals surface area contributed by atoms with Gasteiger partial charge in [0.15, 0.2) is 0 Å². The summed E-state index contributed by atoms with van der Waals surface area (Å²) in [6.45, 7) is 8.48. The SMILES string of the molecule is COc1ccc(NC(=O)c2ccc(-c3ccc(CCC(=O)OC(C)(C)C)cc3)cc2)cc1NC(=O)CN1CCOCC1. The molecule has 0 aliphatic carbocycles. The van der Waals surface area contributed by atoms with Gasteiger partial charge in [-0.2, -0.15) is 0 Å². The number of benzene rings is 3. The molecule has 1 fully saturated rings. The van der Waals surface area contributed by atoms with Crippen molar-refractivity contribution in [1.82, 2.24) is 4.90 Å². The number of hydrogen-bond donors (Lipinski definition) is 2. The van der Waals surface area contributed by atoms with Gasteiger partial charge < -0.3 is 24.8 Å². The van der Waals surface area contributed by atoms with Gasteiger partial charge in [0.2, 0.25) is 5.91 Å². The first-order valence-electron chi connectivity index (χ1n) is 14.1. The minimum atomic E-state index is -0.484. The zero-order chi connectivity index (χ0) is 30.1. The maximum absolute atomic E-state index is 13.0. The minimum Gasteiger partial charge on any atom is -0.495 e. The van der Waals surface area contributed by atoms with Crippen molar-refractivity contribution in [3.05, 3.63) is 77.9 Å². The molecule has 222 valence electrons. The minimum absolute atomic E-state index is 0.162. The smallest absolute Gasteiger partial charge is 0.306 e. The monoisotopic (exact) mass is 573 g/mol. The highest BCUT2D eigenvalue weighted by Crippen LogP contribution is 2.28. The first-order valence-corrected chi connectivity index (χ1v) is 14.1. The van der Waals surface area contributed by atoms with Crippen LogP contribution in [0.4, 0.5) is 11.4 Å². The number of rotatable bonds is 10. The van der Waals surface area contributed by atoms with Crippen LogP contribution in [0, 0.1) is 0 Å². The van der Waals surface area contributed by atoms with Crippen molar-refractivity contribution in [2.75, 3.05) is 50.6 Å². The molecule has 0 bridgehead atoms. The molecule has 1 saturated heterocycles. The fraction of sp³-hybridized carbons (Fsp3) is 0.364. The molecule has 0 spiro atoms. The van der Waals surface area contributed by atoms with Crippen LogP contribution in [0.3, 0.4) is 0 Å². The summed E-state index contributed by atoms with van der Waals surface area (Å²) in [6.07, 6.45) is 0.940. The maximum atomic E-state index is 13.0. The number of carbonyl (C=O) groups excluding carboxylic acids is 3. The van der Waals surface area contributed by atoms with Gasteiger partial charge in [-0.1, -0.05) is 36.4 Å². The molecule has 2 N–H and O–H groups in total. The quantitative estimate of drug-likeness (QED) is 0.323. The Kier molecular flexibility index (Phi) is 10.3. The Morgan fingerprint density at radius 1 is 0.881 bits per heavy atom. The number of hydrogen-bond acceptors (Lipinski definition) is 7. The Bertz CT molecular complexity index is 1370. The van der Waals surface area contributed by atoms with Crippen molar-refractivity contribution >= 4 is 29.2 Å². The van der Waals surface area contributed by atoms with Gasteiger partial charge in [-0.05, 0) is 74.2 Å². The van der Waals surface area contributed by atoms with E-state index >= 15 is 0 Å². The molecule has 0 atom stereocenters. The fourth-order valence-corrected chi connectivity index (χ4v) is 4.56. The Morgan fingerprint density at radius 3 is 2.14 bits per heavy atom. The summed E-state index contributed by atoms with van der Waals surface area (Å²) in [6, 6.07) is 20.5. The average Bonchev–Trinajstić information content (AvgIpc) is 2.96. The summed E-state index contributed by atoms with van der Waals surface area (Å²) in [5.74, 6) is -0.136. The molecule has 1 heterocycles. The number of carbonyl (C=O) groups is 3. The number of methoxy groups -OCH3 is 1. The number of ether oxygens (including phenoxy) is 3. The van der Waals surface area contributed by atoms with E-state index < -0.39 is 5.60 Å². The van der Waals surface area contributed by atoms with Crippen molar-refractivity contribution in [2.24, 2.45) is 0 Å². The number of morpholine rings is 1. The molecule has 3 aromatic rings. The van der Waals surface area contributed by atoms with Gasteiger partial charge in [0.25, 0.3) is 5.91 Å². The van der Waals surface area contributed by atoms with Crippen LogP contribution in [0.5, 0.6) is 5.75 Å². The predicted molar refractivity (Wildman–Crippen MR) is 163 cm³/mol. The highest BCUT2D eigenvalue weighted by atomic mass is 16.6. The third-order valence-corrected chi connectivity index (χ3v) is 6.67. The van der Waals surface area contributed by atoms with Gasteiger partial charge in [-0.15, -0.1) is 0 Å². The van der Waals surface area contributed by atoms with Crippen LogP contribution in [0.2, 0.25) is 0 Å². The topological polar surface area (TPSA) is 106 Å². The predicted octanol–water partition coefficient (Wildman–Crippen LogP) is 5.16. The number of aryl methyl sites for hydroxylation is 1. The molecule has 0 radical (unpaired) electrons. The molecular weight excluding hydrogens is 534 g/mol. The lowest BCUT2D eigenvalue weighted by Gasteiger charge is -2.26. The van der Waals surface area contributed by atoms with Gasteiger partial charge in [0, 0.05) is 30.8 Å². The first-order chi connectivity index (χ1) is 20.1. The van der Waals surface area contributed by atoms with Crippen molar-refractivity contribution in [3.63, 3.8) is 0 Å². The molecule has 9 heteroatoms. The second kappa shape index (κ2) is 14.1. The van der Waals surface area contributed by atoms with Crippen LogP contribution < -0.4 is 15.4 Å². The van der Waals surface area contributed by atoms with Crippen LogP contribution in [0.15, 0.2) is 66.7 Å². The van der Waals surface area contributed by atoms with Gasteiger partial charge in [-0.25, -0.2) is 0 Å². The lowest BCUT2D eigenvalue weighted by molar-refractivity contribution is -0.154. The van der Waals surface area contributed by atoms with Gasteiger partial charge in [0.05, 0.1) is 32.6 Å². The van der Waals surface area contributed by atoms with Crippen molar-refractivity contribution in [3.8, 4) is 16.9 Å². The number of esters is 1. The van der Waals surface area contributed by atoms with Gasteiger partial charge in [-0.3, -0.25) is 19.3 Å². The molecule has 0 unspecified atom stereocenters. The molecule has 2 amide bonds. The molecule has 9 nitrogen and oxygen atoms in total. The third kappa shape index (κ3) is 9.15. The van der Waals surface area contributed by atoms with Crippen LogP contribution >= 0.6 is 0 Å². The molecule has 42 heavy (non-hydrogen) atoms. The Hall–Kier alpha value is -4.21. The third-order valence-electron chi connectivity index (χ3n) is 6.67. The average molecular weight is 574 g/mol. The summed E-state index contributed by atoms with van der Waals surface area (Å²) >= 11 is 0. The van der Waals surface area contributed by atoms with E-state index in [1.807, 2.05) is 62.1 Å². The van der Waals surface area contributed by atoms with Crippen LogP contribution in [0.25, 0.3) is 11.1 Å². The lowest BCUT2D eigenvalue weighted by Crippen LogP contribution is -2.41. The molecular formula is C33H39N3O6. The second-order valence-electron chi connectivity index (χ2n) is 11.2. The molecule has 0 aromatic heterocycles. The van der Waals surface area contributed by atoms with E-state index in [-0.39, 0.29) is 24.3 Å². The second-order valence-corrected chi connectivity index (χ2v) is 11.2. The molecule has 0 saturated carbocycles. The fourth-order valence-electron chi connectivity index (χ4n) is 4.56. The number of nitrogens with one attached hydrogen (secondary N) is 2. The van der Waals surface area contributed by atoms with E-state index in [0.29, 0.717) is 61.8 Å².